The van der Waals surface area contributed by atoms with E-state index in [4.69, 9.17) is 9.84 Å². The zero-order valence-electron chi connectivity index (χ0n) is 10.9. The first-order valence-corrected chi connectivity index (χ1v) is 6.23. The number of aliphatic hydroxyl groups is 1. The standard InChI is InChI=1S/C14H15FN2O3/c15-13-4-3-12(10-11(13)2-1-7-18)16-14(19)17-5-8-20-9-6-17/h3-4,10,18H,5-9H2,(H,16,19). The predicted molar refractivity (Wildman–Crippen MR) is 71.8 cm³/mol. The second-order valence-corrected chi connectivity index (χ2v) is 4.18. The van der Waals surface area contributed by atoms with Crippen LogP contribution in [0.2, 0.25) is 0 Å². The van der Waals surface area contributed by atoms with Crippen molar-refractivity contribution in [2.45, 2.75) is 0 Å². The van der Waals surface area contributed by atoms with E-state index in [1.807, 2.05) is 0 Å². The quantitative estimate of drug-likeness (QED) is 0.754. The van der Waals surface area contributed by atoms with Gasteiger partial charge < -0.3 is 20.1 Å². The number of halogens is 1. The van der Waals surface area contributed by atoms with Crippen LogP contribution >= 0.6 is 0 Å². The van der Waals surface area contributed by atoms with Gasteiger partial charge in [0.25, 0.3) is 0 Å². The predicted octanol–water partition coefficient (Wildman–Crippen LogP) is 1.03. The fourth-order valence-electron chi connectivity index (χ4n) is 1.80. The van der Waals surface area contributed by atoms with Crippen LogP contribution in [0.1, 0.15) is 5.56 Å². The lowest BCUT2D eigenvalue weighted by Crippen LogP contribution is -2.43. The van der Waals surface area contributed by atoms with Crippen LogP contribution in [0.15, 0.2) is 18.2 Å². The lowest BCUT2D eigenvalue weighted by Gasteiger charge is -2.26. The van der Waals surface area contributed by atoms with Gasteiger partial charge in [-0.25, -0.2) is 9.18 Å². The Morgan fingerprint density at radius 1 is 1.45 bits per heavy atom. The van der Waals surface area contributed by atoms with Gasteiger partial charge in [-0.2, -0.15) is 0 Å². The maximum Gasteiger partial charge on any atom is 0.322 e. The van der Waals surface area contributed by atoms with Gasteiger partial charge in [-0.3, -0.25) is 0 Å². The summed E-state index contributed by atoms with van der Waals surface area (Å²) in [5.41, 5.74) is 0.601. The van der Waals surface area contributed by atoms with Crippen molar-refractivity contribution >= 4 is 11.7 Å². The van der Waals surface area contributed by atoms with E-state index in [-0.39, 0.29) is 18.2 Å². The first-order valence-electron chi connectivity index (χ1n) is 6.23. The second-order valence-electron chi connectivity index (χ2n) is 4.18. The highest BCUT2D eigenvalue weighted by Gasteiger charge is 2.16. The molecule has 1 aromatic carbocycles. The first-order chi connectivity index (χ1) is 9.70. The molecule has 6 heteroatoms. The van der Waals surface area contributed by atoms with Gasteiger partial charge in [0, 0.05) is 18.8 Å². The van der Waals surface area contributed by atoms with E-state index in [2.05, 4.69) is 17.2 Å². The van der Waals surface area contributed by atoms with E-state index >= 15 is 0 Å². The maximum atomic E-state index is 13.5. The summed E-state index contributed by atoms with van der Waals surface area (Å²) in [5, 5.41) is 11.3. The Kier molecular flexibility index (Phi) is 4.93. The number of nitrogens with one attached hydrogen (secondary N) is 1. The number of carbonyl (C=O) groups excluding carboxylic acids is 1. The number of nitrogens with zero attached hydrogens (tertiary/aromatic N) is 1. The van der Waals surface area contributed by atoms with Crippen molar-refractivity contribution in [3.63, 3.8) is 0 Å². The number of hydrogen-bond acceptors (Lipinski definition) is 3. The minimum absolute atomic E-state index is 0.138. The molecule has 5 nitrogen and oxygen atoms in total. The Labute approximate surface area is 116 Å². The summed E-state index contributed by atoms with van der Waals surface area (Å²) in [7, 11) is 0. The fraction of sp³-hybridized carbons (Fsp3) is 0.357. The zero-order valence-corrected chi connectivity index (χ0v) is 10.9. The molecule has 1 saturated heterocycles. The number of benzene rings is 1. The minimum atomic E-state index is -0.490. The molecule has 0 saturated carbocycles. The van der Waals surface area contributed by atoms with Crippen LogP contribution < -0.4 is 5.32 Å². The third kappa shape index (κ3) is 3.70. The molecule has 2 amide bonds. The summed E-state index contributed by atoms with van der Waals surface area (Å²) in [4.78, 5) is 13.6. The van der Waals surface area contributed by atoms with Crippen LogP contribution in [-0.4, -0.2) is 48.9 Å². The summed E-state index contributed by atoms with van der Waals surface area (Å²) >= 11 is 0. The number of morpholine rings is 1. The molecule has 0 atom stereocenters. The summed E-state index contributed by atoms with van der Waals surface area (Å²) in [5.74, 6) is 4.38. The monoisotopic (exact) mass is 278 g/mol. The second kappa shape index (κ2) is 6.89. The molecule has 20 heavy (non-hydrogen) atoms. The number of aliphatic hydroxyl groups excluding tert-OH is 1. The Morgan fingerprint density at radius 3 is 2.90 bits per heavy atom. The van der Waals surface area contributed by atoms with Crippen molar-refractivity contribution < 1.29 is 19.0 Å². The van der Waals surface area contributed by atoms with Crippen molar-refractivity contribution in [2.75, 3.05) is 38.2 Å². The van der Waals surface area contributed by atoms with Crippen LogP contribution in [-0.2, 0) is 4.74 Å². The Hall–Kier alpha value is -2.10. The van der Waals surface area contributed by atoms with Crippen LogP contribution in [0.3, 0.4) is 0 Å². The largest absolute Gasteiger partial charge is 0.384 e. The number of hydrogen-bond donors (Lipinski definition) is 2. The third-order valence-electron chi connectivity index (χ3n) is 2.82. The van der Waals surface area contributed by atoms with Crippen molar-refractivity contribution in [2.24, 2.45) is 0 Å². The third-order valence-corrected chi connectivity index (χ3v) is 2.82. The van der Waals surface area contributed by atoms with Crippen molar-refractivity contribution in [3.05, 3.63) is 29.6 Å². The SMILES string of the molecule is O=C(Nc1ccc(F)c(C#CCO)c1)N1CCOCC1. The molecule has 0 aliphatic carbocycles. The van der Waals surface area contributed by atoms with Crippen molar-refractivity contribution in [3.8, 4) is 11.8 Å². The van der Waals surface area contributed by atoms with E-state index < -0.39 is 5.82 Å². The number of anilines is 1. The van der Waals surface area contributed by atoms with Gasteiger partial charge in [0.05, 0.1) is 18.8 Å². The molecular weight excluding hydrogens is 263 g/mol. The van der Waals surface area contributed by atoms with Crippen LogP contribution in [0.5, 0.6) is 0 Å². The van der Waals surface area contributed by atoms with E-state index in [9.17, 15) is 9.18 Å². The minimum Gasteiger partial charge on any atom is -0.384 e. The molecule has 0 bridgehead atoms. The maximum absolute atomic E-state index is 13.5. The molecule has 1 heterocycles. The average molecular weight is 278 g/mol. The van der Waals surface area contributed by atoms with Gasteiger partial charge in [0.2, 0.25) is 0 Å². The van der Waals surface area contributed by atoms with Gasteiger partial charge >= 0.3 is 6.03 Å². The molecule has 1 fully saturated rings. The molecule has 0 unspecified atom stereocenters. The molecule has 106 valence electrons. The highest BCUT2D eigenvalue weighted by atomic mass is 19.1. The van der Waals surface area contributed by atoms with Crippen molar-refractivity contribution in [1.82, 2.24) is 4.90 Å². The van der Waals surface area contributed by atoms with Crippen LogP contribution in [0.25, 0.3) is 0 Å². The highest BCUT2D eigenvalue weighted by molar-refractivity contribution is 5.89. The lowest BCUT2D eigenvalue weighted by atomic mass is 10.2. The molecular formula is C14H15FN2O3. The first kappa shape index (κ1) is 14.3. The molecule has 0 spiro atoms. The van der Waals surface area contributed by atoms with Crippen molar-refractivity contribution in [1.29, 1.82) is 0 Å². The molecule has 1 aliphatic heterocycles. The van der Waals surface area contributed by atoms with E-state index in [1.165, 1.54) is 18.2 Å². The highest BCUT2D eigenvalue weighted by Crippen LogP contribution is 2.15. The Bertz CT molecular complexity index is 545. The fourth-order valence-corrected chi connectivity index (χ4v) is 1.80. The summed E-state index contributed by atoms with van der Waals surface area (Å²) in [6.07, 6.45) is 0. The van der Waals surface area contributed by atoms with E-state index in [0.29, 0.717) is 32.0 Å². The number of urea groups is 1. The Balaban J connectivity index is 2.07. The lowest BCUT2D eigenvalue weighted by molar-refractivity contribution is 0.0564. The number of ether oxygens (including phenoxy) is 1. The van der Waals surface area contributed by atoms with Gasteiger partial charge in [0.15, 0.2) is 0 Å². The molecule has 1 aliphatic rings. The molecule has 2 N–H and O–H groups in total. The van der Waals surface area contributed by atoms with Gasteiger partial charge in [-0.05, 0) is 18.2 Å². The van der Waals surface area contributed by atoms with Crippen LogP contribution in [0.4, 0.5) is 14.9 Å². The molecule has 0 aromatic heterocycles. The number of amides is 2. The van der Waals surface area contributed by atoms with Gasteiger partial charge in [-0.15, -0.1) is 0 Å². The molecule has 1 aromatic rings. The van der Waals surface area contributed by atoms with Crippen LogP contribution in [0, 0.1) is 17.7 Å². The van der Waals surface area contributed by atoms with Gasteiger partial charge in [0.1, 0.15) is 12.4 Å². The summed E-state index contributed by atoms with van der Waals surface area (Å²) < 4.78 is 18.6. The van der Waals surface area contributed by atoms with Gasteiger partial charge in [-0.1, -0.05) is 11.8 Å². The molecule has 0 radical (unpaired) electrons. The number of carbonyl (C=O) groups is 1. The normalized spacial score (nSPS) is 14.4. The summed E-state index contributed by atoms with van der Waals surface area (Å²) in [6.45, 7) is 1.76. The zero-order chi connectivity index (χ0) is 14.4. The topological polar surface area (TPSA) is 61.8 Å². The summed E-state index contributed by atoms with van der Waals surface area (Å²) in [6, 6.07) is 3.89. The van der Waals surface area contributed by atoms with E-state index in [1.54, 1.807) is 4.90 Å². The molecule has 2 rings (SSSR count). The Morgan fingerprint density at radius 2 is 2.20 bits per heavy atom. The number of rotatable bonds is 1. The average Bonchev–Trinajstić information content (AvgIpc) is 2.48. The smallest absolute Gasteiger partial charge is 0.322 e. The van der Waals surface area contributed by atoms with E-state index in [0.717, 1.165) is 0 Å².